The van der Waals surface area contributed by atoms with E-state index in [0.717, 1.165) is 63.9 Å². The Labute approximate surface area is 150 Å². The molecule has 1 amide bonds. The van der Waals surface area contributed by atoms with Crippen molar-refractivity contribution in [3.05, 3.63) is 18.2 Å². The standard InChI is InChI=1S/C19H29N5O/c1-15(18(25)22-19(14-20)8-4-3-5-9-19)23-11-6-7-17(13-23)24-12-10-21-16(24)2/h10,12,15,17H,3-9,11,13H2,1-2H3,(H,22,25)/t15-,17+/m1/s1. The molecule has 0 radical (unpaired) electrons. The highest BCUT2D eigenvalue weighted by molar-refractivity contribution is 5.82. The molecule has 2 aliphatic rings. The van der Waals surface area contributed by atoms with Gasteiger partial charge in [0.05, 0.1) is 12.1 Å². The molecule has 2 heterocycles. The van der Waals surface area contributed by atoms with Crippen LogP contribution in [0.25, 0.3) is 0 Å². The molecule has 1 aromatic rings. The van der Waals surface area contributed by atoms with E-state index in [9.17, 15) is 10.1 Å². The van der Waals surface area contributed by atoms with Gasteiger partial charge in [-0.15, -0.1) is 0 Å². The SMILES string of the molecule is Cc1nccn1[C@H]1CCCN([C@H](C)C(=O)NC2(C#N)CCCCC2)C1. The summed E-state index contributed by atoms with van der Waals surface area (Å²) in [5.41, 5.74) is -0.653. The lowest BCUT2D eigenvalue weighted by molar-refractivity contribution is -0.128. The highest BCUT2D eigenvalue weighted by atomic mass is 16.2. The quantitative estimate of drug-likeness (QED) is 0.912. The highest BCUT2D eigenvalue weighted by Gasteiger charge is 2.36. The van der Waals surface area contributed by atoms with Gasteiger partial charge >= 0.3 is 0 Å². The van der Waals surface area contributed by atoms with Crippen molar-refractivity contribution < 1.29 is 4.79 Å². The van der Waals surface area contributed by atoms with Crippen LogP contribution in [-0.4, -0.2) is 45.0 Å². The van der Waals surface area contributed by atoms with E-state index in [4.69, 9.17) is 0 Å². The lowest BCUT2D eigenvalue weighted by atomic mass is 9.82. The predicted molar refractivity (Wildman–Crippen MR) is 95.8 cm³/mol. The number of piperidine rings is 1. The molecule has 1 N–H and O–H groups in total. The first-order valence-electron chi connectivity index (χ1n) is 9.51. The molecule has 1 saturated carbocycles. The monoisotopic (exact) mass is 343 g/mol. The zero-order valence-corrected chi connectivity index (χ0v) is 15.4. The van der Waals surface area contributed by atoms with Gasteiger partial charge in [0.15, 0.2) is 0 Å². The third-order valence-corrected chi connectivity index (χ3v) is 5.89. The number of carbonyl (C=O) groups excluding carboxylic acids is 1. The van der Waals surface area contributed by atoms with E-state index in [1.165, 1.54) is 0 Å². The van der Waals surface area contributed by atoms with Crippen molar-refractivity contribution in [3.63, 3.8) is 0 Å². The van der Waals surface area contributed by atoms with Gasteiger partial charge in [-0.25, -0.2) is 4.98 Å². The van der Waals surface area contributed by atoms with Crippen LogP contribution in [0.4, 0.5) is 0 Å². The zero-order valence-electron chi connectivity index (χ0n) is 15.4. The van der Waals surface area contributed by atoms with Crippen LogP contribution < -0.4 is 5.32 Å². The van der Waals surface area contributed by atoms with Gasteiger partial charge in [-0.1, -0.05) is 19.3 Å². The van der Waals surface area contributed by atoms with E-state index in [2.05, 4.69) is 25.8 Å². The van der Waals surface area contributed by atoms with Crippen molar-refractivity contribution in [2.24, 2.45) is 0 Å². The Morgan fingerprint density at radius 2 is 2.16 bits per heavy atom. The topological polar surface area (TPSA) is 74.0 Å². The Hall–Kier alpha value is -1.87. The Morgan fingerprint density at radius 1 is 1.40 bits per heavy atom. The van der Waals surface area contributed by atoms with Crippen LogP contribution in [0, 0.1) is 18.3 Å². The number of carbonyl (C=O) groups is 1. The van der Waals surface area contributed by atoms with Crippen LogP contribution in [0.1, 0.15) is 63.7 Å². The fourth-order valence-electron chi connectivity index (χ4n) is 4.26. The minimum absolute atomic E-state index is 0.00791. The average molecular weight is 343 g/mol. The number of likely N-dealkylation sites (tertiary alicyclic amines) is 1. The fourth-order valence-corrected chi connectivity index (χ4v) is 4.26. The molecule has 25 heavy (non-hydrogen) atoms. The molecule has 6 heteroatoms. The van der Waals surface area contributed by atoms with Crippen molar-refractivity contribution in [1.29, 1.82) is 5.26 Å². The van der Waals surface area contributed by atoms with Gasteiger partial charge in [-0.3, -0.25) is 9.69 Å². The first-order chi connectivity index (χ1) is 12.0. The van der Waals surface area contributed by atoms with Crippen LogP contribution in [0.3, 0.4) is 0 Å². The van der Waals surface area contributed by atoms with Gasteiger partial charge in [-0.05, 0) is 46.1 Å². The summed E-state index contributed by atoms with van der Waals surface area (Å²) in [6, 6.07) is 2.54. The molecule has 1 aliphatic heterocycles. The van der Waals surface area contributed by atoms with Crippen molar-refractivity contribution in [2.75, 3.05) is 13.1 Å². The summed E-state index contributed by atoms with van der Waals surface area (Å²) in [6.45, 7) is 5.77. The van der Waals surface area contributed by atoms with Crippen LogP contribution in [0.15, 0.2) is 12.4 Å². The van der Waals surface area contributed by atoms with Crippen molar-refractivity contribution in [2.45, 2.75) is 76.4 Å². The van der Waals surface area contributed by atoms with Crippen LogP contribution >= 0.6 is 0 Å². The number of nitriles is 1. The van der Waals surface area contributed by atoms with Gasteiger partial charge in [0.2, 0.25) is 5.91 Å². The van der Waals surface area contributed by atoms with Crippen molar-refractivity contribution >= 4 is 5.91 Å². The number of hydrogen-bond donors (Lipinski definition) is 1. The largest absolute Gasteiger partial charge is 0.336 e. The molecule has 0 bridgehead atoms. The number of rotatable bonds is 4. The van der Waals surface area contributed by atoms with Gasteiger partial charge < -0.3 is 9.88 Å². The number of hydrogen-bond acceptors (Lipinski definition) is 4. The molecule has 1 aromatic heterocycles. The molecule has 2 fully saturated rings. The van der Waals surface area contributed by atoms with Gasteiger partial charge in [0.1, 0.15) is 11.4 Å². The van der Waals surface area contributed by atoms with Crippen LogP contribution in [-0.2, 0) is 4.79 Å². The maximum absolute atomic E-state index is 12.8. The maximum Gasteiger partial charge on any atom is 0.238 e. The minimum atomic E-state index is -0.653. The summed E-state index contributed by atoms with van der Waals surface area (Å²) in [6.07, 6.45) is 10.8. The number of nitrogens with zero attached hydrogens (tertiary/aromatic N) is 4. The number of imidazole rings is 1. The smallest absolute Gasteiger partial charge is 0.238 e. The van der Waals surface area contributed by atoms with E-state index >= 15 is 0 Å². The van der Waals surface area contributed by atoms with Crippen molar-refractivity contribution in [1.82, 2.24) is 19.8 Å². The number of amides is 1. The Kier molecular flexibility index (Phi) is 5.43. The zero-order chi connectivity index (χ0) is 17.9. The summed E-state index contributed by atoms with van der Waals surface area (Å²) in [4.78, 5) is 19.4. The third-order valence-electron chi connectivity index (χ3n) is 5.89. The molecule has 0 spiro atoms. The lowest BCUT2D eigenvalue weighted by Crippen LogP contribution is -2.56. The van der Waals surface area contributed by atoms with Gasteiger partial charge in [0, 0.05) is 25.0 Å². The molecule has 1 aliphatic carbocycles. The van der Waals surface area contributed by atoms with E-state index in [1.54, 1.807) is 0 Å². The number of aromatic nitrogens is 2. The maximum atomic E-state index is 12.8. The molecule has 136 valence electrons. The first kappa shape index (κ1) is 17.9. The molecule has 1 saturated heterocycles. The second kappa shape index (κ2) is 7.57. The molecular formula is C19H29N5O. The average Bonchev–Trinajstić information content (AvgIpc) is 3.08. The highest BCUT2D eigenvalue weighted by Crippen LogP contribution is 2.28. The predicted octanol–water partition coefficient (Wildman–Crippen LogP) is 2.56. The lowest BCUT2D eigenvalue weighted by Gasteiger charge is -2.39. The molecule has 0 aromatic carbocycles. The van der Waals surface area contributed by atoms with Crippen molar-refractivity contribution in [3.8, 4) is 6.07 Å². The van der Waals surface area contributed by atoms with Gasteiger partial charge in [0.25, 0.3) is 0 Å². The Morgan fingerprint density at radius 3 is 2.80 bits per heavy atom. The summed E-state index contributed by atoms with van der Waals surface area (Å²) in [7, 11) is 0. The van der Waals surface area contributed by atoms with E-state index in [-0.39, 0.29) is 11.9 Å². The second-order valence-electron chi connectivity index (χ2n) is 7.59. The first-order valence-corrected chi connectivity index (χ1v) is 9.51. The van der Waals surface area contributed by atoms with Gasteiger partial charge in [-0.2, -0.15) is 5.26 Å². The second-order valence-corrected chi connectivity index (χ2v) is 7.59. The summed E-state index contributed by atoms with van der Waals surface area (Å²) < 4.78 is 2.22. The number of aryl methyl sites for hydroxylation is 1. The normalized spacial score (nSPS) is 25.1. The number of nitrogens with one attached hydrogen (secondary N) is 1. The molecule has 3 rings (SSSR count). The van der Waals surface area contributed by atoms with Crippen LogP contribution in [0.5, 0.6) is 0 Å². The molecule has 2 atom stereocenters. The summed E-state index contributed by atoms with van der Waals surface area (Å²) in [5, 5.41) is 12.7. The summed E-state index contributed by atoms with van der Waals surface area (Å²) >= 11 is 0. The molecule has 0 unspecified atom stereocenters. The van der Waals surface area contributed by atoms with Crippen LogP contribution in [0.2, 0.25) is 0 Å². The van der Waals surface area contributed by atoms with E-state index in [0.29, 0.717) is 6.04 Å². The Balaban J connectivity index is 1.63. The third kappa shape index (κ3) is 3.87. The van der Waals surface area contributed by atoms with E-state index in [1.807, 2.05) is 26.2 Å². The van der Waals surface area contributed by atoms with E-state index < -0.39 is 5.54 Å². The fraction of sp³-hybridized carbons (Fsp3) is 0.737. The molecular weight excluding hydrogens is 314 g/mol. The Bertz CT molecular complexity index is 640. The minimum Gasteiger partial charge on any atom is -0.336 e. The molecule has 6 nitrogen and oxygen atoms in total. The summed E-state index contributed by atoms with van der Waals surface area (Å²) in [5.74, 6) is 1.01.